The Labute approximate surface area is 72.6 Å². The quantitative estimate of drug-likeness (QED) is 0.462. The summed E-state index contributed by atoms with van der Waals surface area (Å²) in [5.74, 6) is -0.349. The Bertz CT molecular complexity index is 193. The molecule has 0 fully saturated rings. The van der Waals surface area contributed by atoms with E-state index in [1.54, 1.807) is 6.92 Å². The third-order valence-electron chi connectivity index (χ3n) is 1.36. The molecular formula is C9H13NO2. The van der Waals surface area contributed by atoms with E-state index in [2.05, 4.69) is 6.58 Å². The second-order valence-corrected chi connectivity index (χ2v) is 2.54. The number of carbonyl (C=O) groups excluding carboxylic acids is 1. The highest BCUT2D eigenvalue weighted by Gasteiger charge is 2.05. The van der Waals surface area contributed by atoms with Gasteiger partial charge in [-0.2, -0.15) is 5.26 Å². The zero-order valence-corrected chi connectivity index (χ0v) is 7.25. The van der Waals surface area contributed by atoms with E-state index >= 15 is 0 Å². The molecule has 0 saturated heterocycles. The predicted molar refractivity (Wildman–Crippen MR) is 45.2 cm³/mol. The molecule has 1 unspecified atom stereocenters. The second-order valence-electron chi connectivity index (χ2n) is 2.54. The van der Waals surface area contributed by atoms with Crippen LogP contribution >= 0.6 is 0 Å². The molecule has 66 valence electrons. The lowest BCUT2D eigenvalue weighted by Gasteiger charge is -2.01. The van der Waals surface area contributed by atoms with Gasteiger partial charge in [0.05, 0.1) is 6.07 Å². The number of hydrogen-bond donors (Lipinski definition) is 0. The van der Waals surface area contributed by atoms with Gasteiger partial charge in [0.15, 0.2) is 0 Å². The Balaban J connectivity index is 3.45. The number of nitriles is 1. The molecule has 0 spiro atoms. The molecule has 0 aliphatic rings. The molecule has 3 nitrogen and oxygen atoms in total. The number of hydrogen-bond acceptors (Lipinski definition) is 3. The number of nitrogens with zero attached hydrogens (tertiary/aromatic N) is 1. The molecule has 0 aromatic carbocycles. The van der Waals surface area contributed by atoms with Gasteiger partial charge in [-0.25, -0.2) is 0 Å². The summed E-state index contributed by atoms with van der Waals surface area (Å²) in [4.78, 5) is 10.8. The minimum atomic E-state index is -0.267. The van der Waals surface area contributed by atoms with Gasteiger partial charge >= 0.3 is 5.97 Å². The highest BCUT2D eigenvalue weighted by molar-refractivity contribution is 5.69. The maximum atomic E-state index is 10.8. The first-order valence-corrected chi connectivity index (χ1v) is 3.86. The molecule has 3 heteroatoms. The number of ether oxygens (including phenoxy) is 1. The van der Waals surface area contributed by atoms with Gasteiger partial charge in [-0.1, -0.05) is 12.7 Å². The zero-order valence-electron chi connectivity index (χ0n) is 7.25. The lowest BCUT2D eigenvalue weighted by atomic mass is 10.1. The largest absolute Gasteiger partial charge is 0.461 e. The van der Waals surface area contributed by atoms with Crippen LogP contribution in [0.1, 0.15) is 19.8 Å². The van der Waals surface area contributed by atoms with Crippen molar-refractivity contribution >= 4 is 5.97 Å². The topological polar surface area (TPSA) is 50.1 Å². The van der Waals surface area contributed by atoms with Crippen LogP contribution in [0.5, 0.6) is 0 Å². The number of rotatable bonds is 5. The summed E-state index contributed by atoms with van der Waals surface area (Å²) >= 11 is 0. The second kappa shape index (κ2) is 6.41. The van der Waals surface area contributed by atoms with E-state index in [1.165, 1.54) is 6.08 Å². The lowest BCUT2D eigenvalue weighted by Crippen LogP contribution is -2.05. The van der Waals surface area contributed by atoms with Crippen molar-refractivity contribution in [3.05, 3.63) is 12.7 Å². The van der Waals surface area contributed by atoms with Gasteiger partial charge in [-0.05, 0) is 13.3 Å². The normalized spacial score (nSPS) is 11.3. The van der Waals surface area contributed by atoms with Crippen LogP contribution in [0.3, 0.4) is 0 Å². The molecule has 1 atom stereocenters. The highest BCUT2D eigenvalue weighted by atomic mass is 16.5. The van der Waals surface area contributed by atoms with Crippen molar-refractivity contribution in [3.8, 4) is 6.07 Å². The molecule has 0 heterocycles. The Kier molecular flexibility index (Phi) is 5.72. The minimum Gasteiger partial charge on any atom is -0.461 e. The van der Waals surface area contributed by atoms with E-state index in [0.717, 1.165) is 0 Å². The fourth-order valence-electron chi connectivity index (χ4n) is 0.623. The summed E-state index contributed by atoms with van der Waals surface area (Å²) in [7, 11) is 0. The molecule has 0 bridgehead atoms. The fourth-order valence-corrected chi connectivity index (χ4v) is 0.623. The van der Waals surface area contributed by atoms with Crippen molar-refractivity contribution in [2.75, 3.05) is 6.61 Å². The van der Waals surface area contributed by atoms with Crippen molar-refractivity contribution < 1.29 is 9.53 Å². The van der Waals surface area contributed by atoms with Crippen LogP contribution in [0.2, 0.25) is 0 Å². The average molecular weight is 167 g/mol. The smallest absolute Gasteiger partial charge is 0.306 e. The van der Waals surface area contributed by atoms with Gasteiger partial charge in [0, 0.05) is 12.3 Å². The summed E-state index contributed by atoms with van der Waals surface area (Å²) < 4.78 is 4.72. The summed E-state index contributed by atoms with van der Waals surface area (Å²) in [6.45, 7) is 5.44. The van der Waals surface area contributed by atoms with Gasteiger partial charge in [-0.3, -0.25) is 4.79 Å². The highest BCUT2D eigenvalue weighted by Crippen LogP contribution is 2.04. The van der Waals surface area contributed by atoms with Gasteiger partial charge < -0.3 is 4.74 Å². The molecule has 0 rings (SSSR count). The van der Waals surface area contributed by atoms with Crippen molar-refractivity contribution in [1.29, 1.82) is 5.26 Å². The monoisotopic (exact) mass is 167 g/mol. The van der Waals surface area contributed by atoms with Gasteiger partial charge in [0.2, 0.25) is 0 Å². The Morgan fingerprint density at radius 3 is 3.00 bits per heavy atom. The van der Waals surface area contributed by atoms with Gasteiger partial charge in [0.1, 0.15) is 6.61 Å². The first kappa shape index (κ1) is 10.7. The van der Waals surface area contributed by atoms with Crippen molar-refractivity contribution in [1.82, 2.24) is 0 Å². The molecule has 0 saturated carbocycles. The maximum absolute atomic E-state index is 10.8. The summed E-state index contributed by atoms with van der Waals surface area (Å²) in [5.41, 5.74) is 0. The number of carbonyl (C=O) groups is 1. The molecule has 0 N–H and O–H groups in total. The third kappa shape index (κ3) is 5.48. The predicted octanol–water partition coefficient (Wildman–Crippen LogP) is 1.66. The maximum Gasteiger partial charge on any atom is 0.306 e. The molecule has 0 aromatic heterocycles. The average Bonchev–Trinajstić information content (AvgIpc) is 2.10. The van der Waals surface area contributed by atoms with E-state index < -0.39 is 0 Å². The van der Waals surface area contributed by atoms with Crippen molar-refractivity contribution in [2.24, 2.45) is 5.92 Å². The summed E-state index contributed by atoms with van der Waals surface area (Å²) in [5, 5.41) is 8.41. The van der Waals surface area contributed by atoms with Gasteiger partial charge in [0.25, 0.3) is 0 Å². The van der Waals surface area contributed by atoms with Crippen molar-refractivity contribution in [2.45, 2.75) is 19.8 Å². The summed E-state index contributed by atoms with van der Waals surface area (Å²) in [6.07, 6.45) is 2.39. The first-order valence-electron chi connectivity index (χ1n) is 3.86. The van der Waals surface area contributed by atoms with E-state index in [1.807, 2.05) is 6.07 Å². The molecule has 0 aliphatic heterocycles. The molecule has 0 radical (unpaired) electrons. The van der Waals surface area contributed by atoms with Crippen LogP contribution < -0.4 is 0 Å². The van der Waals surface area contributed by atoms with E-state index in [-0.39, 0.29) is 18.5 Å². The van der Waals surface area contributed by atoms with E-state index in [0.29, 0.717) is 12.8 Å². The first-order chi connectivity index (χ1) is 5.70. The standard InChI is InChI=1S/C9H13NO2/c1-3-6-12-9(11)5-4-8(2)7-10/h3,8H,1,4-6H2,2H3. The van der Waals surface area contributed by atoms with E-state index in [9.17, 15) is 4.79 Å². The Hall–Kier alpha value is -1.30. The Morgan fingerprint density at radius 2 is 2.50 bits per heavy atom. The van der Waals surface area contributed by atoms with Crippen LogP contribution in [-0.2, 0) is 9.53 Å². The lowest BCUT2D eigenvalue weighted by molar-refractivity contribution is -0.142. The van der Waals surface area contributed by atoms with E-state index in [4.69, 9.17) is 10.00 Å². The molecule has 0 amide bonds. The third-order valence-corrected chi connectivity index (χ3v) is 1.36. The zero-order chi connectivity index (χ0) is 9.40. The molecular weight excluding hydrogens is 154 g/mol. The van der Waals surface area contributed by atoms with Crippen LogP contribution in [0.25, 0.3) is 0 Å². The number of esters is 1. The van der Waals surface area contributed by atoms with Gasteiger partial charge in [-0.15, -0.1) is 0 Å². The van der Waals surface area contributed by atoms with Crippen LogP contribution in [0, 0.1) is 17.2 Å². The molecule has 0 aromatic rings. The molecule has 12 heavy (non-hydrogen) atoms. The van der Waals surface area contributed by atoms with Crippen LogP contribution in [-0.4, -0.2) is 12.6 Å². The van der Waals surface area contributed by atoms with Crippen LogP contribution in [0.15, 0.2) is 12.7 Å². The minimum absolute atomic E-state index is 0.0821. The summed E-state index contributed by atoms with van der Waals surface area (Å²) in [6, 6.07) is 2.05. The van der Waals surface area contributed by atoms with Crippen LogP contribution in [0.4, 0.5) is 0 Å². The Morgan fingerprint density at radius 1 is 1.83 bits per heavy atom. The van der Waals surface area contributed by atoms with Crippen molar-refractivity contribution in [3.63, 3.8) is 0 Å². The SMILES string of the molecule is C=CCOC(=O)CCC(C)C#N. The molecule has 0 aliphatic carbocycles. The fraction of sp³-hybridized carbons (Fsp3) is 0.556.